The third-order valence-electron chi connectivity index (χ3n) is 22.8. The molecule has 0 aromatic heterocycles. The van der Waals surface area contributed by atoms with Crippen molar-refractivity contribution in [2.24, 2.45) is 50.2 Å². The molecule has 0 aromatic rings. The van der Waals surface area contributed by atoms with Gasteiger partial charge in [-0.3, -0.25) is 4.79 Å². The van der Waals surface area contributed by atoms with E-state index in [2.05, 4.69) is 40.7 Å². The second kappa shape index (κ2) is 24.1. The Balaban J connectivity index is 0.832. The average molecular weight is 1210 g/mol. The molecule has 10 rings (SSSR count). The molecule has 5 aliphatic carbocycles. The molecule has 0 spiro atoms. The van der Waals surface area contributed by atoms with Crippen LogP contribution < -0.4 is 0 Å². The van der Waals surface area contributed by atoms with Crippen molar-refractivity contribution in [3.63, 3.8) is 0 Å². The van der Waals surface area contributed by atoms with Gasteiger partial charge in [-0.1, -0.05) is 53.2 Å². The molecule has 482 valence electrons. The fourth-order valence-electron chi connectivity index (χ4n) is 17.3. The molecule has 5 saturated heterocycles. The first kappa shape index (κ1) is 65.2. The van der Waals surface area contributed by atoms with Crippen LogP contribution in [-0.4, -0.2) is 263 Å². The van der Waals surface area contributed by atoms with E-state index in [1.165, 1.54) is 12.5 Å². The molecule has 0 amide bonds. The number of carbonyl (C=O) groups excluding carboxylic acids is 1. The minimum absolute atomic E-state index is 0.0631. The molecule has 9 fully saturated rings. The minimum atomic E-state index is -1.90. The van der Waals surface area contributed by atoms with Crippen LogP contribution in [0.25, 0.3) is 0 Å². The van der Waals surface area contributed by atoms with E-state index in [1.807, 2.05) is 6.92 Å². The summed E-state index contributed by atoms with van der Waals surface area (Å²) in [6, 6.07) is 0. The smallest absolute Gasteiger partial charge is 0.315 e. The van der Waals surface area contributed by atoms with Crippen LogP contribution in [0.3, 0.4) is 0 Å². The van der Waals surface area contributed by atoms with Gasteiger partial charge in [0.2, 0.25) is 6.29 Å². The quantitative estimate of drug-likeness (QED) is 0.0499. The van der Waals surface area contributed by atoms with Crippen molar-refractivity contribution in [1.29, 1.82) is 0 Å². The Morgan fingerprint density at radius 3 is 1.87 bits per heavy atom. The van der Waals surface area contributed by atoms with E-state index in [-0.39, 0.29) is 53.8 Å². The van der Waals surface area contributed by atoms with E-state index in [0.717, 1.165) is 12.8 Å². The van der Waals surface area contributed by atoms with Crippen LogP contribution in [0.2, 0.25) is 0 Å². The highest BCUT2D eigenvalue weighted by Crippen LogP contribution is 2.76. The van der Waals surface area contributed by atoms with Gasteiger partial charge in [-0.15, -0.1) is 0 Å². The largest absolute Gasteiger partial charge is 0.432 e. The molecule has 0 radical (unpaired) electrons. The summed E-state index contributed by atoms with van der Waals surface area (Å²) in [6.07, 6.45) is -28.5. The fourth-order valence-corrected chi connectivity index (χ4v) is 17.3. The van der Waals surface area contributed by atoms with Gasteiger partial charge in [0.05, 0.1) is 50.7 Å². The van der Waals surface area contributed by atoms with Crippen molar-refractivity contribution in [2.45, 2.75) is 260 Å². The predicted octanol–water partition coefficient (Wildman–Crippen LogP) is -2.93. The zero-order valence-electron chi connectivity index (χ0n) is 49.0. The van der Waals surface area contributed by atoms with Gasteiger partial charge in [0, 0.05) is 5.41 Å². The van der Waals surface area contributed by atoms with Crippen molar-refractivity contribution in [3.8, 4) is 0 Å². The van der Waals surface area contributed by atoms with E-state index in [1.54, 1.807) is 0 Å². The number of carbonyl (C=O) groups is 1. The summed E-state index contributed by atoms with van der Waals surface area (Å²) in [7, 11) is 0. The zero-order chi connectivity index (χ0) is 61.1. The van der Waals surface area contributed by atoms with Crippen LogP contribution in [-0.2, 0) is 52.2 Å². The molecule has 0 aromatic carbocycles. The standard InChI is InChI=1S/C58H94O26/c1-24-34(63)38(67)42(71)49(78-24)82-45-29(19-59)79-47(44(73)40(45)69)77-22-30-37(66)39(68)43(72)50(80-30)84-52(74)58-16-14-53(2,3)18-26(58)25-8-9-32-54(4)12-11-33(55(5,23-60)31(54)10-13-57(32,7)56(25,6)15-17-58)81-51-46(36(65)28(62)21-76-51)83-48-41(70)35(64)27(61)20-75-48/h8,24,26-51,59-73H,9-23H2,1-7H3. The van der Waals surface area contributed by atoms with Gasteiger partial charge in [-0.2, -0.15) is 0 Å². The monoisotopic (exact) mass is 1210 g/mol. The second-order valence-electron chi connectivity index (χ2n) is 28.1. The lowest BCUT2D eigenvalue weighted by Crippen LogP contribution is -2.67. The van der Waals surface area contributed by atoms with Crippen molar-refractivity contribution >= 4 is 5.97 Å². The number of fused-ring (bicyclic) bond motifs is 7. The Morgan fingerprint density at radius 1 is 0.571 bits per heavy atom. The van der Waals surface area contributed by atoms with Crippen LogP contribution in [0, 0.1) is 50.2 Å². The van der Waals surface area contributed by atoms with Crippen LogP contribution in [0.5, 0.6) is 0 Å². The van der Waals surface area contributed by atoms with E-state index >= 15 is 4.79 Å². The molecule has 15 N–H and O–H groups in total. The molecule has 0 bridgehead atoms. The number of allylic oxidation sites excluding steroid dienone is 2. The van der Waals surface area contributed by atoms with Gasteiger partial charge in [-0.25, -0.2) is 0 Å². The SMILES string of the molecule is CC1OC(OC2C(CO)OC(OCC3OC(OC(=O)C45CCC(C)(C)CC4C4=CCC6C7(C)CCC(OC8OCC(O)C(O)C8OC8OCC(O)C(O)C8O)C(C)(CO)C7CCC6(C)C4(C)CC5)C(O)C(O)C3O)C(O)C2O)C(O)C(O)C1O. The third-order valence-corrected chi connectivity index (χ3v) is 22.8. The maximum atomic E-state index is 15.2. The lowest BCUT2D eigenvalue weighted by Gasteiger charge is -2.71. The average Bonchev–Trinajstić information content (AvgIpc) is 1.27. The molecule has 10 aliphatic rings. The lowest BCUT2D eigenvalue weighted by atomic mass is 9.33. The van der Waals surface area contributed by atoms with Gasteiger partial charge < -0.3 is 124 Å². The summed E-state index contributed by atoms with van der Waals surface area (Å²) >= 11 is 0. The first-order valence-electron chi connectivity index (χ1n) is 30.2. The molecule has 5 heterocycles. The summed E-state index contributed by atoms with van der Waals surface area (Å²) < 4.78 is 59.1. The van der Waals surface area contributed by atoms with E-state index < -0.39 is 183 Å². The van der Waals surface area contributed by atoms with Crippen molar-refractivity contribution < 1.29 is 129 Å². The molecule has 32 unspecified atom stereocenters. The van der Waals surface area contributed by atoms with Gasteiger partial charge >= 0.3 is 5.97 Å². The second-order valence-corrected chi connectivity index (χ2v) is 28.1. The third kappa shape index (κ3) is 10.9. The van der Waals surface area contributed by atoms with E-state index in [9.17, 15) is 76.6 Å². The van der Waals surface area contributed by atoms with Crippen LogP contribution in [0.1, 0.15) is 113 Å². The molecular weight excluding hydrogens is 1110 g/mol. The maximum Gasteiger partial charge on any atom is 0.315 e. The van der Waals surface area contributed by atoms with Crippen LogP contribution in [0.15, 0.2) is 11.6 Å². The van der Waals surface area contributed by atoms with Crippen molar-refractivity contribution in [3.05, 3.63) is 11.6 Å². The summed E-state index contributed by atoms with van der Waals surface area (Å²) in [5.74, 6) is -0.853. The number of hydrogen-bond acceptors (Lipinski definition) is 26. The number of rotatable bonds is 13. The summed E-state index contributed by atoms with van der Waals surface area (Å²) in [5, 5.41) is 162. The molecule has 4 saturated carbocycles. The first-order chi connectivity index (χ1) is 39.4. The molecule has 5 aliphatic heterocycles. The van der Waals surface area contributed by atoms with Crippen LogP contribution >= 0.6 is 0 Å². The Kier molecular flexibility index (Phi) is 18.7. The number of ether oxygens (including phenoxy) is 10. The highest BCUT2D eigenvalue weighted by Gasteiger charge is 2.71. The van der Waals surface area contributed by atoms with Gasteiger partial charge in [0.15, 0.2) is 25.2 Å². The molecule has 84 heavy (non-hydrogen) atoms. The fraction of sp³-hybridized carbons (Fsp3) is 0.948. The van der Waals surface area contributed by atoms with Gasteiger partial charge in [0.1, 0.15) is 104 Å². The molecular formula is C58H94O26. The topological polar surface area (TPSA) is 413 Å². The number of hydrogen-bond donors (Lipinski definition) is 15. The Morgan fingerprint density at radius 2 is 1.18 bits per heavy atom. The van der Waals surface area contributed by atoms with Crippen molar-refractivity contribution in [1.82, 2.24) is 0 Å². The Hall–Kier alpha value is -1.75. The molecule has 26 nitrogen and oxygen atoms in total. The number of aliphatic hydroxyl groups excluding tert-OH is 15. The first-order valence-corrected chi connectivity index (χ1v) is 30.2. The lowest BCUT2D eigenvalue weighted by molar-refractivity contribution is -0.361. The van der Waals surface area contributed by atoms with E-state index in [0.29, 0.717) is 51.4 Å². The molecule has 26 heteroatoms. The highest BCUT2D eigenvalue weighted by molar-refractivity contribution is 5.79. The number of aliphatic hydroxyl groups is 15. The zero-order valence-corrected chi connectivity index (χ0v) is 49.0. The van der Waals surface area contributed by atoms with Gasteiger partial charge in [-0.05, 0) is 111 Å². The highest BCUT2D eigenvalue weighted by atomic mass is 16.8. The van der Waals surface area contributed by atoms with E-state index in [4.69, 9.17) is 47.4 Å². The molecule has 32 atom stereocenters. The Labute approximate surface area is 488 Å². The number of esters is 1. The summed E-state index contributed by atoms with van der Waals surface area (Å²) in [4.78, 5) is 15.2. The van der Waals surface area contributed by atoms with Gasteiger partial charge in [0.25, 0.3) is 0 Å². The summed E-state index contributed by atoms with van der Waals surface area (Å²) in [6.45, 7) is 12.5. The minimum Gasteiger partial charge on any atom is -0.432 e. The normalized spacial score (nSPS) is 54.9. The van der Waals surface area contributed by atoms with Crippen LogP contribution in [0.4, 0.5) is 0 Å². The predicted molar refractivity (Wildman–Crippen MR) is 283 cm³/mol. The van der Waals surface area contributed by atoms with Crippen molar-refractivity contribution in [2.75, 3.05) is 33.0 Å². The summed E-state index contributed by atoms with van der Waals surface area (Å²) in [5.41, 5.74) is -1.92. The Bertz CT molecular complexity index is 2330. The maximum absolute atomic E-state index is 15.2.